The average Bonchev–Trinajstić information content (AvgIpc) is 3.42. The molecule has 2 aliphatic rings. The fraction of sp³-hybridized carbons (Fsp3) is 0.136. The summed E-state index contributed by atoms with van der Waals surface area (Å²) in [5.41, 5.74) is 10.7. The van der Waals surface area contributed by atoms with Gasteiger partial charge in [0.1, 0.15) is 0 Å². The van der Waals surface area contributed by atoms with Gasteiger partial charge in [-0.1, -0.05) is 18.2 Å². The second kappa shape index (κ2) is 5.47. The molecule has 4 nitrogen and oxygen atoms in total. The number of fused-ring (bicyclic) bond motifs is 4. The lowest BCUT2D eigenvalue weighted by atomic mass is 10.0. The number of rotatable bonds is 2. The third-order valence-electron chi connectivity index (χ3n) is 5.39. The Morgan fingerprint density at radius 1 is 1.07 bits per heavy atom. The standard InChI is InChI=1S/C22H16N4S/c1-12-2-3-15(11-24-12)19-7-17-20(27-19)8-18-21(25-26-22(17)18)13-4-5-14-9-23-10-16(14)6-13/h2-7,9,11H,8,10H2,1H3,(H,25,26). The van der Waals surface area contributed by atoms with E-state index in [4.69, 9.17) is 0 Å². The Kier molecular flexibility index (Phi) is 3.05. The molecular weight excluding hydrogens is 352 g/mol. The Labute approximate surface area is 160 Å². The van der Waals surface area contributed by atoms with Crippen LogP contribution < -0.4 is 0 Å². The third-order valence-corrected chi connectivity index (χ3v) is 6.57. The lowest BCUT2D eigenvalue weighted by Crippen LogP contribution is -1.89. The van der Waals surface area contributed by atoms with Gasteiger partial charge in [0, 0.05) is 56.5 Å². The van der Waals surface area contributed by atoms with Gasteiger partial charge in [0.15, 0.2) is 0 Å². The molecule has 4 heterocycles. The molecule has 130 valence electrons. The minimum atomic E-state index is 0.775. The molecular formula is C22H16N4S. The lowest BCUT2D eigenvalue weighted by molar-refractivity contribution is 1.09. The van der Waals surface area contributed by atoms with E-state index in [9.17, 15) is 0 Å². The van der Waals surface area contributed by atoms with Gasteiger partial charge < -0.3 is 0 Å². The number of aromatic nitrogens is 3. The summed E-state index contributed by atoms with van der Waals surface area (Å²) in [5, 5.41) is 7.94. The highest BCUT2D eigenvalue weighted by atomic mass is 32.1. The molecule has 0 fully saturated rings. The molecule has 0 saturated heterocycles. The van der Waals surface area contributed by atoms with Crippen molar-refractivity contribution in [3.63, 3.8) is 0 Å². The number of hydrogen-bond acceptors (Lipinski definition) is 4. The van der Waals surface area contributed by atoms with Crippen LogP contribution in [0.25, 0.3) is 33.0 Å². The maximum atomic E-state index is 4.65. The van der Waals surface area contributed by atoms with Crippen molar-refractivity contribution in [2.75, 3.05) is 0 Å². The summed E-state index contributed by atoms with van der Waals surface area (Å²) in [6.07, 6.45) is 4.85. The summed E-state index contributed by atoms with van der Waals surface area (Å²) in [4.78, 5) is 11.5. The smallest absolute Gasteiger partial charge is 0.0963 e. The second-order valence-electron chi connectivity index (χ2n) is 7.12. The Morgan fingerprint density at radius 2 is 2.00 bits per heavy atom. The first-order valence-electron chi connectivity index (χ1n) is 9.03. The van der Waals surface area contributed by atoms with Crippen LogP contribution in [0.1, 0.15) is 27.3 Å². The summed E-state index contributed by atoms with van der Waals surface area (Å²) in [6.45, 7) is 2.79. The number of pyridine rings is 1. The normalized spacial score (nSPS) is 13.7. The third kappa shape index (κ3) is 2.25. The molecule has 0 saturated carbocycles. The molecule has 0 amide bonds. The molecule has 1 aromatic carbocycles. The molecule has 0 radical (unpaired) electrons. The predicted octanol–water partition coefficient (Wildman–Crippen LogP) is 5.01. The van der Waals surface area contributed by atoms with Gasteiger partial charge in [0.25, 0.3) is 0 Å². The Balaban J connectivity index is 1.40. The van der Waals surface area contributed by atoms with Crippen LogP contribution in [0.5, 0.6) is 0 Å². The quantitative estimate of drug-likeness (QED) is 0.476. The predicted molar refractivity (Wildman–Crippen MR) is 109 cm³/mol. The average molecular weight is 368 g/mol. The molecule has 5 heteroatoms. The maximum absolute atomic E-state index is 4.65. The first-order valence-corrected chi connectivity index (χ1v) is 9.84. The van der Waals surface area contributed by atoms with E-state index < -0.39 is 0 Å². The van der Waals surface area contributed by atoms with E-state index in [1.54, 1.807) is 0 Å². The number of nitrogens with zero attached hydrogens (tertiary/aromatic N) is 3. The van der Waals surface area contributed by atoms with Gasteiger partial charge in [0.05, 0.1) is 17.9 Å². The zero-order valence-corrected chi connectivity index (χ0v) is 15.6. The topological polar surface area (TPSA) is 53.9 Å². The number of benzene rings is 1. The van der Waals surface area contributed by atoms with Crippen molar-refractivity contribution in [2.24, 2.45) is 4.99 Å². The van der Waals surface area contributed by atoms with Crippen LogP contribution in [0.4, 0.5) is 0 Å². The Morgan fingerprint density at radius 3 is 2.89 bits per heavy atom. The number of aromatic amines is 1. The highest BCUT2D eigenvalue weighted by molar-refractivity contribution is 7.16. The van der Waals surface area contributed by atoms with Gasteiger partial charge in [-0.05, 0) is 36.2 Å². The molecule has 3 aromatic heterocycles. The summed E-state index contributed by atoms with van der Waals surface area (Å²) >= 11 is 1.86. The monoisotopic (exact) mass is 368 g/mol. The van der Waals surface area contributed by atoms with Gasteiger partial charge in [0.2, 0.25) is 0 Å². The van der Waals surface area contributed by atoms with Gasteiger partial charge in [-0.25, -0.2) is 0 Å². The second-order valence-corrected chi connectivity index (χ2v) is 8.26. The number of H-pyrrole nitrogens is 1. The van der Waals surface area contributed by atoms with Crippen LogP contribution >= 0.6 is 11.3 Å². The van der Waals surface area contributed by atoms with Crippen LogP contribution in [0, 0.1) is 6.92 Å². The van der Waals surface area contributed by atoms with Crippen molar-refractivity contribution in [2.45, 2.75) is 19.9 Å². The number of thiophene rings is 1. The van der Waals surface area contributed by atoms with E-state index in [-0.39, 0.29) is 0 Å². The largest absolute Gasteiger partial charge is 0.288 e. The van der Waals surface area contributed by atoms with Gasteiger partial charge >= 0.3 is 0 Å². The summed E-state index contributed by atoms with van der Waals surface area (Å²) in [6, 6.07) is 13.0. The molecule has 6 rings (SSSR count). The number of nitrogens with one attached hydrogen (secondary N) is 1. The fourth-order valence-corrected chi connectivity index (χ4v) is 5.11. The van der Waals surface area contributed by atoms with Gasteiger partial charge in [-0.3, -0.25) is 15.1 Å². The van der Waals surface area contributed by atoms with E-state index in [2.05, 4.69) is 56.6 Å². The zero-order chi connectivity index (χ0) is 18.0. The van der Waals surface area contributed by atoms with Gasteiger partial charge in [-0.15, -0.1) is 11.3 Å². The summed E-state index contributed by atoms with van der Waals surface area (Å²) in [5.74, 6) is 0. The van der Waals surface area contributed by atoms with Crippen molar-refractivity contribution >= 4 is 17.6 Å². The first kappa shape index (κ1) is 15.1. The van der Waals surface area contributed by atoms with Crippen LogP contribution in [-0.2, 0) is 13.0 Å². The molecule has 0 unspecified atom stereocenters. The molecule has 1 aliphatic carbocycles. The van der Waals surface area contributed by atoms with E-state index >= 15 is 0 Å². The molecule has 0 atom stereocenters. The molecule has 4 aromatic rings. The first-order chi connectivity index (χ1) is 13.3. The van der Waals surface area contributed by atoms with Gasteiger partial charge in [-0.2, -0.15) is 5.10 Å². The minimum absolute atomic E-state index is 0.775. The van der Waals surface area contributed by atoms with Crippen LogP contribution in [0.3, 0.4) is 0 Å². The van der Waals surface area contributed by atoms with Crippen molar-refractivity contribution in [1.29, 1.82) is 0 Å². The maximum Gasteiger partial charge on any atom is 0.0963 e. The number of aliphatic imine (C=N–C) groups is 1. The van der Waals surface area contributed by atoms with E-state index in [0.29, 0.717) is 0 Å². The van der Waals surface area contributed by atoms with Crippen molar-refractivity contribution < 1.29 is 0 Å². The van der Waals surface area contributed by atoms with Crippen LogP contribution in [0.2, 0.25) is 0 Å². The SMILES string of the molecule is Cc1ccc(-c2cc3c(s2)Cc2c(-c4ccc5c(c4)CN=C5)n[nH]c2-3)cn1. The summed E-state index contributed by atoms with van der Waals surface area (Å²) in [7, 11) is 0. The highest BCUT2D eigenvalue weighted by Gasteiger charge is 2.28. The molecule has 0 spiro atoms. The van der Waals surface area contributed by atoms with Crippen LogP contribution in [0.15, 0.2) is 47.6 Å². The molecule has 1 N–H and O–H groups in total. The fourth-order valence-electron chi connectivity index (χ4n) is 3.95. The Bertz CT molecular complexity index is 1230. The van der Waals surface area contributed by atoms with Crippen molar-refractivity contribution in [3.05, 3.63) is 69.9 Å². The minimum Gasteiger partial charge on any atom is -0.288 e. The Hall–Kier alpha value is -3.05. The highest BCUT2D eigenvalue weighted by Crippen LogP contribution is 2.46. The number of hydrogen-bond donors (Lipinski definition) is 1. The summed E-state index contributed by atoms with van der Waals surface area (Å²) < 4.78 is 0. The van der Waals surface area contributed by atoms with E-state index in [0.717, 1.165) is 24.4 Å². The molecule has 27 heavy (non-hydrogen) atoms. The van der Waals surface area contributed by atoms with Crippen molar-refractivity contribution in [1.82, 2.24) is 15.2 Å². The van der Waals surface area contributed by atoms with E-state index in [1.165, 1.54) is 48.8 Å². The van der Waals surface area contributed by atoms with E-state index in [1.807, 2.05) is 30.7 Å². The molecule has 0 bridgehead atoms. The van der Waals surface area contributed by atoms with Crippen LogP contribution in [-0.4, -0.2) is 21.4 Å². The zero-order valence-electron chi connectivity index (χ0n) is 14.8. The lowest BCUT2D eigenvalue weighted by Gasteiger charge is -2.03. The molecule has 1 aliphatic heterocycles. The number of aryl methyl sites for hydroxylation is 1. The van der Waals surface area contributed by atoms with Crippen molar-refractivity contribution in [3.8, 4) is 33.0 Å².